The fourth-order valence-corrected chi connectivity index (χ4v) is 3.72. The zero-order valence-electron chi connectivity index (χ0n) is 17.9. The van der Waals surface area contributed by atoms with E-state index in [4.69, 9.17) is 4.74 Å². The molecule has 0 aliphatic carbocycles. The Morgan fingerprint density at radius 3 is 2.55 bits per heavy atom. The molecule has 5 heteroatoms. The van der Waals surface area contributed by atoms with Crippen molar-refractivity contribution >= 4 is 11.6 Å². The molecule has 1 amide bonds. The number of hydrogen-bond donors (Lipinski definition) is 1. The van der Waals surface area contributed by atoms with E-state index in [1.165, 1.54) is 11.1 Å². The van der Waals surface area contributed by atoms with Gasteiger partial charge in [-0.1, -0.05) is 42.5 Å². The van der Waals surface area contributed by atoms with E-state index in [0.717, 1.165) is 50.6 Å². The first-order valence-corrected chi connectivity index (χ1v) is 10.5. The second kappa shape index (κ2) is 10.5. The first-order chi connectivity index (χ1) is 14.0. The van der Waals surface area contributed by atoms with Gasteiger partial charge in [-0.25, -0.2) is 0 Å². The zero-order valence-corrected chi connectivity index (χ0v) is 17.9. The topological polar surface area (TPSA) is 44.8 Å². The number of carbonyl (C=O) groups excluding carboxylic acids is 1. The number of benzene rings is 2. The molecule has 0 saturated carbocycles. The molecule has 1 fully saturated rings. The van der Waals surface area contributed by atoms with Crippen LogP contribution in [0.15, 0.2) is 48.5 Å². The van der Waals surface area contributed by atoms with Gasteiger partial charge < -0.3 is 10.1 Å². The molecule has 0 radical (unpaired) electrons. The van der Waals surface area contributed by atoms with Crippen LogP contribution < -0.4 is 5.32 Å². The van der Waals surface area contributed by atoms with Gasteiger partial charge >= 0.3 is 0 Å². The number of rotatable bonds is 8. The highest BCUT2D eigenvalue weighted by atomic mass is 16.5. The lowest BCUT2D eigenvalue weighted by Crippen LogP contribution is -2.47. The van der Waals surface area contributed by atoms with Crippen molar-refractivity contribution in [1.29, 1.82) is 0 Å². The van der Waals surface area contributed by atoms with Crippen LogP contribution >= 0.6 is 0 Å². The summed E-state index contributed by atoms with van der Waals surface area (Å²) in [4.78, 5) is 17.6. The van der Waals surface area contributed by atoms with Gasteiger partial charge in [-0.2, -0.15) is 0 Å². The monoisotopic (exact) mass is 395 g/mol. The van der Waals surface area contributed by atoms with Crippen molar-refractivity contribution in [2.24, 2.45) is 0 Å². The Bertz CT molecular complexity index is 788. The Hall–Kier alpha value is -2.21. The van der Waals surface area contributed by atoms with E-state index in [-0.39, 0.29) is 11.9 Å². The van der Waals surface area contributed by atoms with E-state index in [9.17, 15) is 4.79 Å². The fraction of sp³-hybridized carbons (Fsp3) is 0.458. The Morgan fingerprint density at radius 2 is 1.83 bits per heavy atom. The molecule has 1 aliphatic heterocycles. The summed E-state index contributed by atoms with van der Waals surface area (Å²) in [6, 6.07) is 16.7. The summed E-state index contributed by atoms with van der Waals surface area (Å²) in [7, 11) is 0. The summed E-state index contributed by atoms with van der Waals surface area (Å²) in [5, 5.41) is 3.11. The van der Waals surface area contributed by atoms with E-state index < -0.39 is 0 Å². The van der Waals surface area contributed by atoms with Crippen LogP contribution in [0.5, 0.6) is 0 Å². The van der Waals surface area contributed by atoms with Gasteiger partial charge in [-0.05, 0) is 43.5 Å². The number of nitrogens with one attached hydrogen (secondary N) is 1. The second-order valence-corrected chi connectivity index (χ2v) is 7.95. The molecule has 1 atom stereocenters. The van der Waals surface area contributed by atoms with Crippen molar-refractivity contribution in [2.75, 3.05) is 44.7 Å². The largest absolute Gasteiger partial charge is 0.379 e. The number of carbonyl (C=O) groups is 1. The molecular formula is C24H33N3O2. The normalized spacial score (nSPS) is 16.0. The average Bonchev–Trinajstić information content (AvgIpc) is 2.72. The lowest BCUT2D eigenvalue weighted by molar-refractivity contribution is -0.118. The summed E-state index contributed by atoms with van der Waals surface area (Å²) in [5.41, 5.74) is 4.43. The molecule has 0 aromatic heterocycles. The number of anilines is 1. The van der Waals surface area contributed by atoms with Crippen LogP contribution in [-0.2, 0) is 16.1 Å². The molecule has 0 spiro atoms. The quantitative estimate of drug-likeness (QED) is 0.743. The number of hydrogen-bond acceptors (Lipinski definition) is 4. The molecule has 0 bridgehead atoms. The second-order valence-electron chi connectivity index (χ2n) is 7.95. The van der Waals surface area contributed by atoms with Gasteiger partial charge in [-0.3, -0.25) is 14.6 Å². The predicted molar refractivity (Wildman–Crippen MR) is 118 cm³/mol. The van der Waals surface area contributed by atoms with Crippen LogP contribution in [0.1, 0.15) is 23.6 Å². The lowest BCUT2D eigenvalue weighted by atomic mass is 10.1. The summed E-state index contributed by atoms with van der Waals surface area (Å²) >= 11 is 0. The maximum atomic E-state index is 12.9. The Balaban J connectivity index is 1.67. The highest BCUT2D eigenvalue weighted by Gasteiger charge is 2.22. The molecular weight excluding hydrogens is 362 g/mol. The number of nitrogens with zero attached hydrogens (tertiary/aromatic N) is 2. The molecule has 29 heavy (non-hydrogen) atoms. The highest BCUT2D eigenvalue weighted by molar-refractivity contribution is 5.93. The molecule has 5 nitrogen and oxygen atoms in total. The smallest absolute Gasteiger partial charge is 0.238 e. The maximum Gasteiger partial charge on any atom is 0.238 e. The van der Waals surface area contributed by atoms with E-state index in [1.807, 2.05) is 25.1 Å². The van der Waals surface area contributed by atoms with Crippen LogP contribution in [0.4, 0.5) is 5.69 Å². The van der Waals surface area contributed by atoms with Crippen LogP contribution in [0, 0.1) is 13.8 Å². The summed E-state index contributed by atoms with van der Waals surface area (Å²) in [6.45, 7) is 11.9. The minimum Gasteiger partial charge on any atom is -0.379 e. The van der Waals surface area contributed by atoms with Crippen molar-refractivity contribution < 1.29 is 9.53 Å². The van der Waals surface area contributed by atoms with Crippen molar-refractivity contribution in [3.8, 4) is 0 Å². The molecule has 2 aromatic carbocycles. The minimum absolute atomic E-state index is 0.0310. The SMILES string of the molecule is Cc1cccc(NC(=O)CN(Cc2ccccc2)C(C)CN2CCOCC2)c1C. The molecule has 2 aromatic rings. The van der Waals surface area contributed by atoms with E-state index >= 15 is 0 Å². The molecule has 156 valence electrons. The van der Waals surface area contributed by atoms with Crippen molar-refractivity contribution in [1.82, 2.24) is 9.80 Å². The number of amides is 1. The number of aryl methyl sites for hydroxylation is 1. The van der Waals surface area contributed by atoms with Gasteiger partial charge in [0.25, 0.3) is 0 Å². The van der Waals surface area contributed by atoms with Gasteiger partial charge in [0.05, 0.1) is 19.8 Å². The van der Waals surface area contributed by atoms with Gasteiger partial charge in [0.1, 0.15) is 0 Å². The van der Waals surface area contributed by atoms with Crippen LogP contribution in [0.25, 0.3) is 0 Å². The number of ether oxygens (including phenoxy) is 1. The van der Waals surface area contributed by atoms with Crippen LogP contribution in [0.2, 0.25) is 0 Å². The maximum absolute atomic E-state index is 12.9. The summed E-state index contributed by atoms with van der Waals surface area (Å²) in [5.74, 6) is 0.0310. The van der Waals surface area contributed by atoms with Gasteiger partial charge in [0.15, 0.2) is 0 Å². The molecule has 1 N–H and O–H groups in total. The molecule has 1 unspecified atom stereocenters. The van der Waals surface area contributed by atoms with Crippen LogP contribution in [-0.4, -0.2) is 61.1 Å². The highest BCUT2D eigenvalue weighted by Crippen LogP contribution is 2.18. The van der Waals surface area contributed by atoms with Gasteiger partial charge in [0, 0.05) is 37.9 Å². The third-order valence-electron chi connectivity index (χ3n) is 5.70. The molecule has 3 rings (SSSR count). The molecule has 1 saturated heterocycles. The Labute approximate surface area is 174 Å². The molecule has 1 heterocycles. The summed E-state index contributed by atoms with van der Waals surface area (Å²) in [6.07, 6.45) is 0. The third kappa shape index (κ3) is 6.39. The van der Waals surface area contributed by atoms with E-state index in [0.29, 0.717) is 6.54 Å². The van der Waals surface area contributed by atoms with Crippen LogP contribution in [0.3, 0.4) is 0 Å². The van der Waals surface area contributed by atoms with Gasteiger partial charge in [-0.15, -0.1) is 0 Å². The minimum atomic E-state index is 0.0310. The van der Waals surface area contributed by atoms with Crippen molar-refractivity contribution in [3.63, 3.8) is 0 Å². The standard InChI is InChI=1S/C24H33N3O2/c1-19-8-7-11-23(21(19)3)25-24(28)18-27(17-22-9-5-4-6-10-22)20(2)16-26-12-14-29-15-13-26/h4-11,20H,12-18H2,1-3H3,(H,25,28). The Morgan fingerprint density at radius 1 is 1.10 bits per heavy atom. The van der Waals surface area contributed by atoms with Crippen molar-refractivity contribution in [2.45, 2.75) is 33.4 Å². The van der Waals surface area contributed by atoms with E-state index in [1.54, 1.807) is 0 Å². The average molecular weight is 396 g/mol. The predicted octanol–water partition coefficient (Wildman–Crippen LogP) is 3.46. The number of morpholine rings is 1. The fourth-order valence-electron chi connectivity index (χ4n) is 3.72. The van der Waals surface area contributed by atoms with E-state index in [2.05, 4.69) is 59.3 Å². The lowest BCUT2D eigenvalue weighted by Gasteiger charge is -2.34. The first-order valence-electron chi connectivity index (χ1n) is 10.5. The third-order valence-corrected chi connectivity index (χ3v) is 5.70. The summed E-state index contributed by atoms with van der Waals surface area (Å²) < 4.78 is 5.47. The van der Waals surface area contributed by atoms with Crippen molar-refractivity contribution in [3.05, 3.63) is 65.2 Å². The Kier molecular flexibility index (Phi) is 7.81. The first kappa shape index (κ1) is 21.5. The molecule has 1 aliphatic rings. The van der Waals surface area contributed by atoms with Gasteiger partial charge in [0.2, 0.25) is 5.91 Å². The zero-order chi connectivity index (χ0) is 20.6.